The summed E-state index contributed by atoms with van der Waals surface area (Å²) in [7, 11) is 0. The van der Waals surface area contributed by atoms with Crippen LogP contribution in [0, 0.1) is 0 Å². The molecule has 1 aromatic rings. The Hall–Kier alpha value is -0.390. The fourth-order valence-electron chi connectivity index (χ4n) is 0.715. The number of thioether (sulfide) groups is 1. The standard InChI is InChI=1S/C8H10N2S3/c1-6(7-4-3-5-13-7)9-10-8(11)12-2/h3-5H,1-2H3,(H,10,11). The van der Waals surface area contributed by atoms with E-state index in [1.54, 1.807) is 11.3 Å². The van der Waals surface area contributed by atoms with Crippen LogP contribution in [0.4, 0.5) is 0 Å². The van der Waals surface area contributed by atoms with Crippen LogP contribution >= 0.6 is 35.3 Å². The molecule has 0 bridgehead atoms. The quantitative estimate of drug-likeness (QED) is 0.480. The third-order valence-electron chi connectivity index (χ3n) is 1.38. The number of hydrogen-bond acceptors (Lipinski definition) is 4. The molecule has 1 aromatic heterocycles. The highest BCUT2D eigenvalue weighted by Gasteiger charge is 1.97. The van der Waals surface area contributed by atoms with Gasteiger partial charge in [0.2, 0.25) is 0 Å². The van der Waals surface area contributed by atoms with Crippen molar-refractivity contribution < 1.29 is 0 Å². The predicted octanol–water partition coefficient (Wildman–Crippen LogP) is 2.71. The topological polar surface area (TPSA) is 24.4 Å². The molecule has 0 saturated heterocycles. The lowest BCUT2D eigenvalue weighted by Gasteiger charge is -1.99. The Morgan fingerprint density at radius 1 is 1.69 bits per heavy atom. The molecule has 0 aliphatic carbocycles. The van der Waals surface area contributed by atoms with Gasteiger partial charge in [-0.3, -0.25) is 5.43 Å². The number of rotatable bonds is 2. The van der Waals surface area contributed by atoms with E-state index >= 15 is 0 Å². The van der Waals surface area contributed by atoms with Crippen LogP contribution in [0.1, 0.15) is 11.8 Å². The van der Waals surface area contributed by atoms with Gasteiger partial charge >= 0.3 is 0 Å². The van der Waals surface area contributed by atoms with Crippen molar-refractivity contribution in [2.45, 2.75) is 6.92 Å². The number of nitrogens with one attached hydrogen (secondary N) is 1. The smallest absolute Gasteiger partial charge is 0.153 e. The van der Waals surface area contributed by atoms with Crippen molar-refractivity contribution in [1.29, 1.82) is 0 Å². The van der Waals surface area contributed by atoms with Crippen molar-refractivity contribution in [1.82, 2.24) is 5.43 Å². The summed E-state index contributed by atoms with van der Waals surface area (Å²) in [6.45, 7) is 1.96. The summed E-state index contributed by atoms with van der Waals surface area (Å²) in [5.41, 5.74) is 3.77. The largest absolute Gasteiger partial charge is 0.262 e. The van der Waals surface area contributed by atoms with Crippen molar-refractivity contribution in [2.75, 3.05) is 6.26 Å². The van der Waals surface area contributed by atoms with Crippen LogP contribution in [-0.4, -0.2) is 16.3 Å². The molecule has 70 valence electrons. The molecule has 0 unspecified atom stereocenters. The van der Waals surface area contributed by atoms with Gasteiger partial charge in [-0.1, -0.05) is 30.0 Å². The molecule has 0 aliphatic rings. The molecule has 0 spiro atoms. The van der Waals surface area contributed by atoms with Crippen molar-refractivity contribution in [3.63, 3.8) is 0 Å². The van der Waals surface area contributed by atoms with E-state index in [0.29, 0.717) is 4.32 Å². The van der Waals surface area contributed by atoms with E-state index in [4.69, 9.17) is 12.2 Å². The molecule has 0 amide bonds. The Kier molecular flexibility index (Phi) is 4.41. The lowest BCUT2D eigenvalue weighted by atomic mass is 10.3. The van der Waals surface area contributed by atoms with Crippen molar-refractivity contribution >= 4 is 45.3 Å². The summed E-state index contributed by atoms with van der Waals surface area (Å²) in [5, 5.41) is 6.18. The molecule has 1 N–H and O–H groups in total. The van der Waals surface area contributed by atoms with E-state index in [1.165, 1.54) is 11.8 Å². The maximum atomic E-state index is 4.95. The molecule has 0 atom stereocenters. The average molecular weight is 230 g/mol. The third-order valence-corrected chi connectivity index (χ3v) is 3.41. The Morgan fingerprint density at radius 2 is 2.46 bits per heavy atom. The second-order valence-electron chi connectivity index (χ2n) is 2.28. The highest BCUT2D eigenvalue weighted by Crippen LogP contribution is 2.09. The molecule has 0 aromatic carbocycles. The Labute approximate surface area is 91.4 Å². The van der Waals surface area contributed by atoms with Crippen LogP contribution in [0.5, 0.6) is 0 Å². The monoisotopic (exact) mass is 230 g/mol. The van der Waals surface area contributed by atoms with Gasteiger partial charge < -0.3 is 0 Å². The minimum atomic E-state index is 0.691. The first kappa shape index (κ1) is 10.7. The third kappa shape index (κ3) is 3.46. The normalized spacial score (nSPS) is 11.4. The van der Waals surface area contributed by atoms with Gasteiger partial charge in [-0.2, -0.15) is 5.10 Å². The van der Waals surface area contributed by atoms with E-state index in [9.17, 15) is 0 Å². The van der Waals surface area contributed by atoms with E-state index in [-0.39, 0.29) is 0 Å². The molecule has 13 heavy (non-hydrogen) atoms. The maximum absolute atomic E-state index is 4.95. The van der Waals surface area contributed by atoms with Gasteiger partial charge in [0, 0.05) is 4.88 Å². The van der Waals surface area contributed by atoms with Gasteiger partial charge in [0.25, 0.3) is 0 Å². The maximum Gasteiger partial charge on any atom is 0.153 e. The van der Waals surface area contributed by atoms with Gasteiger partial charge in [-0.25, -0.2) is 0 Å². The zero-order valence-corrected chi connectivity index (χ0v) is 9.85. The molecular weight excluding hydrogens is 220 g/mol. The van der Waals surface area contributed by atoms with Crippen LogP contribution in [0.15, 0.2) is 22.6 Å². The van der Waals surface area contributed by atoms with E-state index < -0.39 is 0 Å². The van der Waals surface area contributed by atoms with Gasteiger partial charge in [0.1, 0.15) is 0 Å². The molecule has 1 heterocycles. The Balaban J connectivity index is 2.57. The van der Waals surface area contributed by atoms with Gasteiger partial charge in [0.05, 0.1) is 5.71 Å². The highest BCUT2D eigenvalue weighted by molar-refractivity contribution is 8.22. The van der Waals surface area contributed by atoms with E-state index in [0.717, 1.165) is 10.6 Å². The van der Waals surface area contributed by atoms with E-state index in [2.05, 4.69) is 10.5 Å². The van der Waals surface area contributed by atoms with Gasteiger partial charge in [-0.15, -0.1) is 11.3 Å². The lowest BCUT2D eigenvalue weighted by molar-refractivity contribution is 1.06. The number of hydrazone groups is 1. The molecule has 2 nitrogen and oxygen atoms in total. The van der Waals surface area contributed by atoms with Crippen LogP contribution in [0.25, 0.3) is 0 Å². The zero-order valence-electron chi connectivity index (χ0n) is 7.40. The number of thiocarbonyl (C=S) groups is 1. The minimum absolute atomic E-state index is 0.691. The van der Waals surface area contributed by atoms with Gasteiger partial charge in [0.15, 0.2) is 4.32 Å². The highest BCUT2D eigenvalue weighted by atomic mass is 32.2. The first-order valence-corrected chi connectivity index (χ1v) is 6.17. The molecule has 0 saturated carbocycles. The van der Waals surface area contributed by atoms with Crippen LogP contribution in [-0.2, 0) is 0 Å². The SMILES string of the molecule is CSC(=S)NN=C(C)c1cccs1. The van der Waals surface area contributed by atoms with Crippen LogP contribution in [0.2, 0.25) is 0 Å². The van der Waals surface area contributed by atoms with Crippen LogP contribution < -0.4 is 5.43 Å². The van der Waals surface area contributed by atoms with E-state index in [1.807, 2.05) is 30.7 Å². The fraction of sp³-hybridized carbons (Fsp3) is 0.250. The predicted molar refractivity (Wildman–Crippen MR) is 65.8 cm³/mol. The molecule has 0 radical (unpaired) electrons. The Morgan fingerprint density at radius 3 is 3.00 bits per heavy atom. The first-order chi connectivity index (χ1) is 6.24. The molecule has 1 rings (SSSR count). The lowest BCUT2D eigenvalue weighted by Crippen LogP contribution is -2.12. The van der Waals surface area contributed by atoms with Crippen molar-refractivity contribution in [2.24, 2.45) is 5.10 Å². The fourth-order valence-corrected chi connectivity index (χ4v) is 1.57. The average Bonchev–Trinajstić information content (AvgIpc) is 2.66. The number of thiophene rings is 1. The summed E-state index contributed by atoms with van der Waals surface area (Å²) in [5.74, 6) is 0. The summed E-state index contributed by atoms with van der Waals surface area (Å²) in [6.07, 6.45) is 1.92. The van der Waals surface area contributed by atoms with Crippen molar-refractivity contribution in [3.05, 3.63) is 22.4 Å². The van der Waals surface area contributed by atoms with Gasteiger partial charge in [-0.05, 0) is 24.6 Å². The minimum Gasteiger partial charge on any atom is -0.262 e. The number of hydrogen-bond donors (Lipinski definition) is 1. The molecule has 5 heteroatoms. The second-order valence-corrected chi connectivity index (χ2v) is 4.71. The summed E-state index contributed by atoms with van der Waals surface area (Å²) < 4.78 is 0.691. The summed E-state index contributed by atoms with van der Waals surface area (Å²) >= 11 is 8.10. The summed E-state index contributed by atoms with van der Waals surface area (Å²) in [4.78, 5) is 1.16. The summed E-state index contributed by atoms with van der Waals surface area (Å²) in [6, 6.07) is 4.04. The first-order valence-electron chi connectivity index (χ1n) is 3.66. The van der Waals surface area contributed by atoms with Crippen molar-refractivity contribution in [3.8, 4) is 0 Å². The second kappa shape index (κ2) is 5.36. The molecule has 0 aliphatic heterocycles. The molecule has 0 fully saturated rings. The molecular formula is C8H10N2S3. The van der Waals surface area contributed by atoms with Crippen LogP contribution in [0.3, 0.4) is 0 Å². The Bertz CT molecular complexity index is 303. The zero-order chi connectivity index (χ0) is 9.68. The number of nitrogens with zero attached hydrogens (tertiary/aromatic N) is 1.